The summed E-state index contributed by atoms with van der Waals surface area (Å²) in [5.74, 6) is 0. The van der Waals surface area contributed by atoms with E-state index >= 15 is 0 Å². The van der Waals surface area contributed by atoms with Crippen LogP contribution in [-0.4, -0.2) is 18.1 Å². The Labute approximate surface area is 145 Å². The van der Waals surface area contributed by atoms with Crippen LogP contribution >= 0.6 is 0 Å². The van der Waals surface area contributed by atoms with Gasteiger partial charge in [0.05, 0.1) is 11.6 Å². The van der Waals surface area contributed by atoms with Crippen molar-refractivity contribution in [3.63, 3.8) is 0 Å². The number of rotatable bonds is 4. The lowest BCUT2D eigenvalue weighted by Crippen LogP contribution is -2.30. The van der Waals surface area contributed by atoms with Crippen molar-refractivity contribution in [2.45, 2.75) is 18.9 Å². The third-order valence-electron chi connectivity index (χ3n) is 3.56. The highest BCUT2D eigenvalue weighted by Crippen LogP contribution is 2.20. The molecule has 0 heterocycles. The van der Waals surface area contributed by atoms with Gasteiger partial charge in [-0.3, -0.25) is 0 Å². The zero-order chi connectivity index (χ0) is 17.6. The molecule has 0 radical (unpaired) electrons. The fraction of sp³-hybridized carbons (Fsp3) is 0.167. The van der Waals surface area contributed by atoms with Gasteiger partial charge >= 0.3 is 12.1 Å². The van der Waals surface area contributed by atoms with Gasteiger partial charge < -0.3 is 21.3 Å². The molecule has 0 aliphatic heterocycles. The van der Waals surface area contributed by atoms with E-state index in [0.717, 1.165) is 12.8 Å². The molecular weight excluding hydrogens is 318 g/mol. The number of urea groups is 2. The van der Waals surface area contributed by atoms with Crippen molar-refractivity contribution in [3.8, 4) is 6.07 Å². The first kappa shape index (κ1) is 16.3. The van der Waals surface area contributed by atoms with Crippen LogP contribution in [-0.2, 0) is 0 Å². The molecule has 3 rings (SSSR count). The molecule has 25 heavy (non-hydrogen) atoms. The molecule has 0 saturated heterocycles. The normalized spacial score (nSPS) is 12.6. The first-order valence-corrected chi connectivity index (χ1v) is 7.88. The molecule has 1 saturated carbocycles. The van der Waals surface area contributed by atoms with Gasteiger partial charge in [0.1, 0.15) is 0 Å². The summed E-state index contributed by atoms with van der Waals surface area (Å²) in [4.78, 5) is 23.8. The third kappa shape index (κ3) is 4.97. The van der Waals surface area contributed by atoms with Crippen LogP contribution in [0.2, 0.25) is 0 Å². The van der Waals surface area contributed by atoms with Crippen molar-refractivity contribution >= 4 is 29.1 Å². The Bertz CT molecular complexity index is 822. The number of carbonyl (C=O) groups is 2. The lowest BCUT2D eigenvalue weighted by atomic mass is 10.2. The van der Waals surface area contributed by atoms with Crippen molar-refractivity contribution in [1.82, 2.24) is 5.32 Å². The molecule has 2 aromatic rings. The van der Waals surface area contributed by atoms with E-state index in [1.54, 1.807) is 48.5 Å². The number of hydrogen-bond donors (Lipinski definition) is 4. The highest BCUT2D eigenvalue weighted by atomic mass is 16.2. The zero-order valence-electron chi connectivity index (χ0n) is 13.4. The van der Waals surface area contributed by atoms with E-state index in [9.17, 15) is 9.59 Å². The monoisotopic (exact) mass is 335 g/mol. The second-order valence-corrected chi connectivity index (χ2v) is 5.72. The number of nitriles is 1. The predicted molar refractivity (Wildman–Crippen MR) is 95.4 cm³/mol. The molecule has 126 valence electrons. The second kappa shape index (κ2) is 7.36. The van der Waals surface area contributed by atoms with Crippen LogP contribution in [0.4, 0.5) is 26.7 Å². The summed E-state index contributed by atoms with van der Waals surface area (Å²) in [7, 11) is 0. The number of anilines is 3. The van der Waals surface area contributed by atoms with E-state index in [1.807, 2.05) is 6.07 Å². The smallest absolute Gasteiger partial charge is 0.323 e. The van der Waals surface area contributed by atoms with Gasteiger partial charge in [0.15, 0.2) is 0 Å². The Hall–Kier alpha value is -3.53. The highest BCUT2D eigenvalue weighted by Gasteiger charge is 2.23. The maximum Gasteiger partial charge on any atom is 0.323 e. The SMILES string of the molecule is N#Cc1ccc(NC(=O)Nc2cccc(NC(=O)NC3CC3)c2)cc1. The van der Waals surface area contributed by atoms with Crippen LogP contribution in [0.1, 0.15) is 18.4 Å². The standard InChI is InChI=1S/C18H17N5O2/c19-11-12-4-6-13(7-5-12)20-17(24)22-15-2-1-3-16(10-15)23-18(25)21-14-8-9-14/h1-7,10,14H,8-9H2,(H2,20,22,24)(H2,21,23,25). The van der Waals surface area contributed by atoms with Crippen LogP contribution in [0.3, 0.4) is 0 Å². The molecule has 0 unspecified atom stereocenters. The molecule has 4 N–H and O–H groups in total. The average Bonchev–Trinajstić information content (AvgIpc) is 3.39. The molecule has 7 nitrogen and oxygen atoms in total. The number of nitrogens with zero attached hydrogens (tertiary/aromatic N) is 1. The molecule has 0 aromatic heterocycles. The minimum atomic E-state index is -0.413. The van der Waals surface area contributed by atoms with E-state index < -0.39 is 6.03 Å². The summed E-state index contributed by atoms with van der Waals surface area (Å²) in [6.45, 7) is 0. The Morgan fingerprint density at radius 3 is 2.08 bits per heavy atom. The Morgan fingerprint density at radius 1 is 0.880 bits per heavy atom. The first-order chi connectivity index (χ1) is 12.1. The van der Waals surface area contributed by atoms with Crippen LogP contribution in [0.15, 0.2) is 48.5 Å². The van der Waals surface area contributed by atoms with Gasteiger partial charge in [0.2, 0.25) is 0 Å². The number of benzene rings is 2. The van der Waals surface area contributed by atoms with Crippen molar-refractivity contribution in [2.75, 3.05) is 16.0 Å². The molecule has 0 bridgehead atoms. The number of nitrogens with one attached hydrogen (secondary N) is 4. The lowest BCUT2D eigenvalue weighted by Gasteiger charge is -2.10. The molecule has 1 fully saturated rings. The fourth-order valence-corrected chi connectivity index (χ4v) is 2.18. The van der Waals surface area contributed by atoms with Gasteiger partial charge in [-0.25, -0.2) is 9.59 Å². The molecule has 0 spiro atoms. The van der Waals surface area contributed by atoms with Gasteiger partial charge in [0.25, 0.3) is 0 Å². The Kier molecular flexibility index (Phi) is 4.81. The lowest BCUT2D eigenvalue weighted by molar-refractivity contribution is 0.251. The van der Waals surface area contributed by atoms with Crippen molar-refractivity contribution < 1.29 is 9.59 Å². The maximum atomic E-state index is 12.0. The number of hydrogen-bond acceptors (Lipinski definition) is 3. The number of carbonyl (C=O) groups excluding carboxylic acids is 2. The maximum absolute atomic E-state index is 12.0. The summed E-state index contributed by atoms with van der Waals surface area (Å²) in [6.07, 6.45) is 2.04. The second-order valence-electron chi connectivity index (χ2n) is 5.72. The quantitative estimate of drug-likeness (QED) is 0.687. The van der Waals surface area contributed by atoms with E-state index in [0.29, 0.717) is 22.6 Å². The third-order valence-corrected chi connectivity index (χ3v) is 3.56. The van der Waals surface area contributed by atoms with Crippen molar-refractivity contribution in [3.05, 3.63) is 54.1 Å². The Morgan fingerprint density at radius 2 is 1.48 bits per heavy atom. The van der Waals surface area contributed by atoms with E-state index in [4.69, 9.17) is 5.26 Å². The summed E-state index contributed by atoms with van der Waals surface area (Å²) in [5, 5.41) is 19.7. The van der Waals surface area contributed by atoms with Gasteiger partial charge in [-0.1, -0.05) is 6.07 Å². The van der Waals surface area contributed by atoms with E-state index in [1.165, 1.54) is 0 Å². The summed E-state index contributed by atoms with van der Waals surface area (Å²) in [5.41, 5.74) is 2.24. The zero-order valence-corrected chi connectivity index (χ0v) is 13.4. The van der Waals surface area contributed by atoms with Gasteiger partial charge in [-0.15, -0.1) is 0 Å². The van der Waals surface area contributed by atoms with Crippen LogP contribution in [0, 0.1) is 11.3 Å². The average molecular weight is 335 g/mol. The van der Waals surface area contributed by atoms with Gasteiger partial charge in [-0.2, -0.15) is 5.26 Å². The molecule has 7 heteroatoms. The van der Waals surface area contributed by atoms with Crippen molar-refractivity contribution in [1.29, 1.82) is 5.26 Å². The largest absolute Gasteiger partial charge is 0.335 e. The van der Waals surface area contributed by atoms with Crippen LogP contribution in [0.5, 0.6) is 0 Å². The van der Waals surface area contributed by atoms with E-state index in [2.05, 4.69) is 21.3 Å². The van der Waals surface area contributed by atoms with Gasteiger partial charge in [0, 0.05) is 23.1 Å². The summed E-state index contributed by atoms with van der Waals surface area (Å²) >= 11 is 0. The topological polar surface area (TPSA) is 106 Å². The van der Waals surface area contributed by atoms with Crippen LogP contribution < -0.4 is 21.3 Å². The van der Waals surface area contributed by atoms with E-state index in [-0.39, 0.29) is 12.1 Å². The first-order valence-electron chi connectivity index (χ1n) is 7.88. The molecule has 0 atom stereocenters. The molecule has 4 amide bonds. The Balaban J connectivity index is 1.55. The molecule has 1 aliphatic rings. The van der Waals surface area contributed by atoms with Crippen LogP contribution in [0.25, 0.3) is 0 Å². The summed E-state index contributed by atoms with van der Waals surface area (Å²) < 4.78 is 0. The fourth-order valence-electron chi connectivity index (χ4n) is 2.18. The molecule has 2 aromatic carbocycles. The molecular formula is C18H17N5O2. The van der Waals surface area contributed by atoms with Gasteiger partial charge in [-0.05, 0) is 55.3 Å². The summed E-state index contributed by atoms with van der Waals surface area (Å²) in [6, 6.07) is 15.1. The number of amides is 4. The minimum absolute atomic E-state index is 0.248. The molecule has 1 aliphatic carbocycles. The highest BCUT2D eigenvalue weighted by molar-refractivity contribution is 6.00. The minimum Gasteiger partial charge on any atom is -0.335 e. The van der Waals surface area contributed by atoms with Crippen molar-refractivity contribution in [2.24, 2.45) is 0 Å². The predicted octanol–water partition coefficient (Wildman–Crippen LogP) is 3.49.